The number of aromatic nitrogens is 1. The molecule has 2 aromatic rings. The van der Waals surface area contributed by atoms with Gasteiger partial charge < -0.3 is 25.2 Å². The Kier molecular flexibility index (Phi) is 9.00. The first-order valence-electron chi connectivity index (χ1n) is 9.47. The van der Waals surface area contributed by atoms with Gasteiger partial charge in [-0.2, -0.15) is 0 Å². The predicted octanol–water partition coefficient (Wildman–Crippen LogP) is 3.36. The fourth-order valence-electron chi connectivity index (χ4n) is 2.49. The minimum atomic E-state index is -2.58. The molecule has 1 aromatic carbocycles. The molecule has 9 nitrogen and oxygen atoms in total. The van der Waals surface area contributed by atoms with Gasteiger partial charge in [0.25, 0.3) is 0 Å². The average Bonchev–Trinajstić information content (AvgIpc) is 2.70. The van der Waals surface area contributed by atoms with Crippen molar-refractivity contribution in [3.8, 4) is 17.2 Å². The molecule has 0 aliphatic heterocycles. The van der Waals surface area contributed by atoms with Crippen molar-refractivity contribution in [2.24, 2.45) is 10.5 Å². The van der Waals surface area contributed by atoms with Gasteiger partial charge in [0.15, 0.2) is 11.8 Å². The fourth-order valence-corrected chi connectivity index (χ4v) is 3.39. The fraction of sp³-hybridized carbons (Fsp3) is 0.400. The van der Waals surface area contributed by atoms with Gasteiger partial charge in [0.1, 0.15) is 12.4 Å². The number of carbonyl (C=O) groups excluding carboxylic acids is 1. The van der Waals surface area contributed by atoms with Crippen molar-refractivity contribution < 1.29 is 28.8 Å². The Labute approximate surface area is 186 Å². The van der Waals surface area contributed by atoms with Gasteiger partial charge in [-0.1, -0.05) is 16.3 Å². The minimum Gasteiger partial charge on any atom is -0.575 e. The Bertz CT molecular complexity index is 970. The molecule has 11 heteroatoms. The van der Waals surface area contributed by atoms with Gasteiger partial charge in [-0.05, 0) is 39.8 Å². The van der Waals surface area contributed by atoms with Crippen LogP contribution in [0.5, 0.6) is 17.2 Å². The molecular formula is C20H25ClN3O6P. The average molecular weight is 470 g/mol. The molecule has 2 rings (SSSR count). The Morgan fingerprint density at radius 2 is 2.06 bits per heavy atom. The van der Waals surface area contributed by atoms with Gasteiger partial charge in [0.05, 0.1) is 11.8 Å². The summed E-state index contributed by atoms with van der Waals surface area (Å²) in [5.74, 6) is -0.269. The lowest BCUT2D eigenvalue weighted by Gasteiger charge is -2.14. The van der Waals surface area contributed by atoms with E-state index < -0.39 is 20.2 Å². The number of hydrogen-bond donors (Lipinski definition) is 2. The number of carbonyl (C=O) groups is 1. The van der Waals surface area contributed by atoms with Crippen LogP contribution in [-0.4, -0.2) is 28.2 Å². The van der Waals surface area contributed by atoms with E-state index in [1.54, 1.807) is 27.0 Å². The van der Waals surface area contributed by atoms with E-state index >= 15 is 0 Å². The van der Waals surface area contributed by atoms with Crippen molar-refractivity contribution in [2.75, 3.05) is 0 Å². The second-order valence-corrected chi connectivity index (χ2v) is 8.21. The van der Waals surface area contributed by atoms with E-state index in [9.17, 15) is 14.8 Å². The number of rotatable bonds is 9. The number of benzene rings is 1. The first-order valence-corrected chi connectivity index (χ1v) is 11.0. The molecule has 0 saturated carbocycles. The first-order chi connectivity index (χ1) is 14.6. The lowest BCUT2D eigenvalue weighted by molar-refractivity contribution is -0.170. The molecule has 0 bridgehead atoms. The molecule has 0 aliphatic rings. The molecule has 1 unspecified atom stereocenters. The van der Waals surface area contributed by atoms with Crippen LogP contribution in [0.4, 0.5) is 0 Å². The van der Waals surface area contributed by atoms with Gasteiger partial charge in [0.2, 0.25) is 5.75 Å². The number of esters is 1. The van der Waals surface area contributed by atoms with E-state index in [2.05, 4.69) is 9.73 Å². The Hall–Kier alpha value is -2.45. The quantitative estimate of drug-likeness (QED) is 0.421. The number of aryl methyl sites for hydroxylation is 1. The number of halogens is 1. The van der Waals surface area contributed by atoms with Gasteiger partial charge in [-0.15, -0.1) is 0 Å². The summed E-state index contributed by atoms with van der Waals surface area (Å²) < 4.78 is 20.0. The van der Waals surface area contributed by atoms with Gasteiger partial charge >= 0.3 is 14.1 Å². The number of ether oxygens (including phenoxy) is 2. The highest BCUT2D eigenvalue weighted by molar-refractivity contribution is 7.34. The number of aromatic hydroxyl groups is 1. The highest BCUT2D eigenvalue weighted by atomic mass is 35.5. The molecule has 0 radical (unpaired) electrons. The zero-order chi connectivity index (χ0) is 23.1. The summed E-state index contributed by atoms with van der Waals surface area (Å²) in [5, 5.41) is 10.5. The van der Waals surface area contributed by atoms with Gasteiger partial charge in [-0.25, -0.2) is 4.79 Å². The van der Waals surface area contributed by atoms with E-state index in [4.69, 9.17) is 31.3 Å². The SMILES string of the molecule is Cc1ncc(COc2cc(Cl)ccc2O[P+]([O-])=N[C@@H](C)C(=O)OC(C)C)c(CN)c1O. The molecule has 0 amide bonds. The maximum Gasteiger partial charge on any atom is 0.395 e. The normalized spacial score (nSPS) is 12.6. The van der Waals surface area contributed by atoms with E-state index in [0.717, 1.165) is 0 Å². The molecule has 3 N–H and O–H groups in total. The molecule has 0 fully saturated rings. The molecule has 1 heterocycles. The molecule has 168 valence electrons. The lowest BCUT2D eigenvalue weighted by atomic mass is 10.1. The maximum absolute atomic E-state index is 12.3. The highest BCUT2D eigenvalue weighted by Crippen LogP contribution is 2.36. The van der Waals surface area contributed by atoms with Crippen LogP contribution >= 0.6 is 19.8 Å². The van der Waals surface area contributed by atoms with Crippen LogP contribution in [0.15, 0.2) is 29.1 Å². The third-order valence-electron chi connectivity index (χ3n) is 4.06. The second-order valence-electron chi connectivity index (χ2n) is 6.89. The summed E-state index contributed by atoms with van der Waals surface area (Å²) >= 11 is 6.05. The summed E-state index contributed by atoms with van der Waals surface area (Å²) in [7, 11) is -2.58. The van der Waals surface area contributed by atoms with Crippen LogP contribution in [0.25, 0.3) is 0 Å². The van der Waals surface area contributed by atoms with Crippen molar-refractivity contribution in [1.29, 1.82) is 0 Å². The van der Waals surface area contributed by atoms with E-state index in [-0.39, 0.29) is 36.5 Å². The highest BCUT2D eigenvalue weighted by Gasteiger charge is 2.21. The number of nitrogens with zero attached hydrogens (tertiary/aromatic N) is 2. The molecule has 0 aliphatic carbocycles. The monoisotopic (exact) mass is 469 g/mol. The van der Waals surface area contributed by atoms with Crippen molar-refractivity contribution in [3.63, 3.8) is 0 Å². The number of pyridine rings is 1. The van der Waals surface area contributed by atoms with Crippen molar-refractivity contribution >= 4 is 25.7 Å². The topological polar surface area (TPSA) is 139 Å². The van der Waals surface area contributed by atoms with E-state index in [1.165, 1.54) is 25.1 Å². The summed E-state index contributed by atoms with van der Waals surface area (Å²) in [5.41, 5.74) is 7.28. The van der Waals surface area contributed by atoms with E-state index in [0.29, 0.717) is 21.8 Å². The molecule has 0 saturated heterocycles. The van der Waals surface area contributed by atoms with Crippen LogP contribution in [0.3, 0.4) is 0 Å². The van der Waals surface area contributed by atoms with E-state index in [1.807, 2.05) is 0 Å². The predicted molar refractivity (Wildman–Crippen MR) is 115 cm³/mol. The molecule has 2 atom stereocenters. The summed E-state index contributed by atoms with van der Waals surface area (Å²) in [6, 6.07) is 3.54. The van der Waals surface area contributed by atoms with Crippen LogP contribution in [0.1, 0.15) is 37.6 Å². The lowest BCUT2D eigenvalue weighted by Crippen LogP contribution is -2.21. The first kappa shape index (κ1) is 24.8. The third-order valence-corrected chi connectivity index (χ3v) is 5.18. The molecular weight excluding hydrogens is 445 g/mol. The van der Waals surface area contributed by atoms with Crippen LogP contribution in [0, 0.1) is 6.92 Å². The summed E-state index contributed by atoms with van der Waals surface area (Å²) in [6.07, 6.45) is 1.24. The maximum atomic E-state index is 12.3. The third kappa shape index (κ3) is 7.04. The smallest absolute Gasteiger partial charge is 0.395 e. The Morgan fingerprint density at radius 3 is 2.71 bits per heavy atom. The van der Waals surface area contributed by atoms with Crippen LogP contribution < -0.4 is 19.9 Å². The van der Waals surface area contributed by atoms with Crippen molar-refractivity contribution in [1.82, 2.24) is 4.98 Å². The standard InChI is InChI=1S/C20H25ClN3O6P/c1-11(2)29-20(26)13(4)24-31(27)30-17-6-5-15(21)7-18(17)28-10-14-9-23-12(3)19(25)16(14)8-22/h5-7,9,11,13,25H,8,10,22H2,1-4H3/t13-/m0/s1. The minimum absolute atomic E-state index is 0.00905. The Morgan fingerprint density at radius 1 is 1.35 bits per heavy atom. The summed E-state index contributed by atoms with van der Waals surface area (Å²) in [6.45, 7) is 6.65. The Balaban J connectivity index is 2.19. The van der Waals surface area contributed by atoms with Crippen LogP contribution in [0.2, 0.25) is 5.02 Å². The van der Waals surface area contributed by atoms with Gasteiger partial charge in [0, 0.05) is 35.0 Å². The zero-order valence-electron chi connectivity index (χ0n) is 17.7. The molecule has 0 spiro atoms. The number of nitrogens with two attached hydrogens (primary N) is 1. The largest absolute Gasteiger partial charge is 0.575 e. The molecule has 31 heavy (non-hydrogen) atoms. The summed E-state index contributed by atoms with van der Waals surface area (Å²) in [4.78, 5) is 28.3. The number of hydrogen-bond acceptors (Lipinski definition) is 9. The van der Waals surface area contributed by atoms with Crippen molar-refractivity contribution in [2.45, 2.75) is 53.0 Å². The van der Waals surface area contributed by atoms with Crippen molar-refractivity contribution in [3.05, 3.63) is 46.2 Å². The van der Waals surface area contributed by atoms with Gasteiger partial charge in [-0.3, -0.25) is 9.51 Å². The second kappa shape index (κ2) is 11.2. The zero-order valence-corrected chi connectivity index (χ0v) is 19.3. The molecule has 1 aromatic heterocycles. The van der Waals surface area contributed by atoms with Crippen LogP contribution in [-0.2, 0) is 22.7 Å².